The Kier molecular flexibility index (Phi) is 6.14. The van der Waals surface area contributed by atoms with E-state index in [0.717, 1.165) is 44.3 Å². The van der Waals surface area contributed by atoms with E-state index < -0.39 is 11.5 Å². The summed E-state index contributed by atoms with van der Waals surface area (Å²) < 4.78 is 10.8. The average molecular weight is 420 g/mol. The minimum absolute atomic E-state index is 0.00199. The van der Waals surface area contributed by atoms with Gasteiger partial charge in [-0.2, -0.15) is 0 Å². The van der Waals surface area contributed by atoms with Gasteiger partial charge in [-0.15, -0.1) is 0 Å². The maximum absolute atomic E-state index is 12.5. The van der Waals surface area contributed by atoms with Gasteiger partial charge in [0.15, 0.2) is 0 Å². The summed E-state index contributed by atoms with van der Waals surface area (Å²) >= 11 is 0. The Labute approximate surface area is 179 Å². The molecule has 0 radical (unpaired) electrons. The Bertz CT molecular complexity index is 714. The van der Waals surface area contributed by atoms with Crippen LogP contribution in [0, 0.1) is 22.7 Å². The molecule has 0 aromatic heterocycles. The van der Waals surface area contributed by atoms with Crippen LogP contribution in [0.1, 0.15) is 46.0 Å². The zero-order valence-electron chi connectivity index (χ0n) is 18.4. The van der Waals surface area contributed by atoms with Gasteiger partial charge in [0.05, 0.1) is 31.5 Å². The minimum Gasteiger partial charge on any atom is -0.458 e. The van der Waals surface area contributed by atoms with Gasteiger partial charge >= 0.3 is 5.97 Å². The van der Waals surface area contributed by atoms with Gasteiger partial charge < -0.3 is 19.7 Å². The third-order valence-electron chi connectivity index (χ3n) is 8.75. The monoisotopic (exact) mass is 419 g/mol. The molecule has 3 fully saturated rings. The number of cyclic esters (lactones) is 1. The predicted molar refractivity (Wildman–Crippen MR) is 114 cm³/mol. The minimum atomic E-state index is -0.494. The lowest BCUT2D eigenvalue weighted by Gasteiger charge is -2.60. The number of ether oxygens (including phenoxy) is 2. The maximum Gasteiger partial charge on any atom is 0.335 e. The Morgan fingerprint density at radius 1 is 1.30 bits per heavy atom. The van der Waals surface area contributed by atoms with Gasteiger partial charge in [-0.1, -0.05) is 26.0 Å². The largest absolute Gasteiger partial charge is 0.458 e. The van der Waals surface area contributed by atoms with Crippen LogP contribution < -0.4 is 0 Å². The molecule has 6 atom stereocenters. The number of hydrogen-bond donors (Lipinski definition) is 2. The molecule has 4 rings (SSSR count). The van der Waals surface area contributed by atoms with Crippen LogP contribution in [0.2, 0.25) is 0 Å². The van der Waals surface area contributed by atoms with Crippen molar-refractivity contribution in [3.63, 3.8) is 0 Å². The standard InChI is InChI=1S/C24H37NO5/c1-16-4-5-20-23(2,8-6-21(27)24(20,3)15-26)18(16)14-19(17-7-11-30-22(17)28)25-9-12-29-13-10-25/h7,18-21,26-27H,1,4-6,8-15H2,2-3H3/t18-,19?,20?,21?,23+,24-/m0/s1. The summed E-state index contributed by atoms with van der Waals surface area (Å²) in [5.41, 5.74) is 1.47. The summed E-state index contributed by atoms with van der Waals surface area (Å²) in [6.07, 6.45) is 5.76. The number of hydrogen-bond acceptors (Lipinski definition) is 6. The fraction of sp³-hybridized carbons (Fsp3) is 0.792. The Hall–Kier alpha value is -1.21. The number of fused-ring (bicyclic) bond motifs is 1. The molecule has 4 aliphatic rings. The van der Waals surface area contributed by atoms with Crippen molar-refractivity contribution < 1.29 is 24.5 Å². The first-order chi connectivity index (χ1) is 14.3. The summed E-state index contributed by atoms with van der Waals surface area (Å²) in [6.45, 7) is 12.2. The first-order valence-electron chi connectivity index (χ1n) is 11.5. The molecule has 0 aromatic rings. The van der Waals surface area contributed by atoms with Gasteiger partial charge in [-0.05, 0) is 55.4 Å². The van der Waals surface area contributed by atoms with E-state index in [1.807, 2.05) is 13.0 Å². The van der Waals surface area contributed by atoms with Crippen LogP contribution in [-0.4, -0.2) is 72.7 Å². The Morgan fingerprint density at radius 3 is 2.67 bits per heavy atom. The molecule has 2 heterocycles. The second kappa shape index (κ2) is 8.38. The van der Waals surface area contributed by atoms with E-state index in [0.29, 0.717) is 26.2 Å². The summed E-state index contributed by atoms with van der Waals surface area (Å²) in [5, 5.41) is 21.0. The van der Waals surface area contributed by atoms with Crippen molar-refractivity contribution in [1.82, 2.24) is 4.90 Å². The molecule has 2 saturated carbocycles. The Morgan fingerprint density at radius 2 is 2.03 bits per heavy atom. The molecule has 3 unspecified atom stereocenters. The summed E-state index contributed by atoms with van der Waals surface area (Å²) in [6, 6.07) is -0.00606. The second-order valence-electron chi connectivity index (χ2n) is 10.2. The normalized spacial score (nSPS) is 41.2. The van der Waals surface area contributed by atoms with Gasteiger partial charge in [0.2, 0.25) is 0 Å². The number of nitrogens with zero attached hydrogens (tertiary/aromatic N) is 1. The lowest BCUT2D eigenvalue weighted by molar-refractivity contribution is -0.154. The van der Waals surface area contributed by atoms with E-state index in [2.05, 4.69) is 18.4 Å². The number of aliphatic hydroxyl groups is 2. The zero-order chi connectivity index (χ0) is 21.5. The van der Waals surface area contributed by atoms with Crippen molar-refractivity contribution in [2.24, 2.45) is 22.7 Å². The lowest BCUT2D eigenvalue weighted by Crippen LogP contribution is -2.58. The fourth-order valence-electron chi connectivity index (χ4n) is 6.87. The molecule has 2 aliphatic carbocycles. The highest BCUT2D eigenvalue weighted by Crippen LogP contribution is 2.62. The highest BCUT2D eigenvalue weighted by atomic mass is 16.5. The number of rotatable bonds is 5. The number of carbonyl (C=O) groups excluding carboxylic acids is 1. The zero-order valence-corrected chi connectivity index (χ0v) is 18.4. The van der Waals surface area contributed by atoms with Crippen LogP contribution in [0.15, 0.2) is 23.8 Å². The number of allylic oxidation sites excluding steroid dienone is 1. The molecular formula is C24H37NO5. The SMILES string of the molecule is C=C1CCC2[C@](C)(CO)C(O)CC[C@]2(C)[C@H]1CC(C1=CCOC1=O)N1CCOCC1. The van der Waals surface area contributed by atoms with E-state index in [4.69, 9.17) is 9.47 Å². The third kappa shape index (κ3) is 3.56. The molecule has 1 saturated heterocycles. The maximum atomic E-state index is 12.5. The quantitative estimate of drug-likeness (QED) is 0.526. The van der Waals surface area contributed by atoms with Crippen LogP contribution in [-0.2, 0) is 14.3 Å². The van der Waals surface area contributed by atoms with Crippen LogP contribution in [0.3, 0.4) is 0 Å². The first-order valence-corrected chi connectivity index (χ1v) is 11.5. The van der Waals surface area contributed by atoms with Crippen LogP contribution in [0.4, 0.5) is 0 Å². The summed E-state index contributed by atoms with van der Waals surface area (Å²) in [5.74, 6) is 0.259. The van der Waals surface area contributed by atoms with Crippen LogP contribution in [0.25, 0.3) is 0 Å². The first kappa shape index (κ1) is 22.0. The van der Waals surface area contributed by atoms with Crippen molar-refractivity contribution in [3.05, 3.63) is 23.8 Å². The Balaban J connectivity index is 1.66. The highest BCUT2D eigenvalue weighted by molar-refractivity contribution is 5.91. The number of carbonyl (C=O) groups is 1. The summed E-state index contributed by atoms with van der Waals surface area (Å²) in [7, 11) is 0. The summed E-state index contributed by atoms with van der Waals surface area (Å²) in [4.78, 5) is 14.9. The van der Waals surface area contributed by atoms with Crippen molar-refractivity contribution in [2.45, 2.75) is 58.1 Å². The van der Waals surface area contributed by atoms with Crippen molar-refractivity contribution >= 4 is 5.97 Å². The second-order valence-corrected chi connectivity index (χ2v) is 10.2. The average Bonchev–Trinajstić information content (AvgIpc) is 3.17. The molecule has 0 bridgehead atoms. The van der Waals surface area contributed by atoms with E-state index in [9.17, 15) is 15.0 Å². The van der Waals surface area contributed by atoms with Crippen molar-refractivity contribution in [2.75, 3.05) is 39.5 Å². The van der Waals surface area contributed by atoms with Gasteiger partial charge in [0, 0.05) is 24.5 Å². The molecule has 2 aliphatic heterocycles. The number of esters is 1. The van der Waals surface area contributed by atoms with Gasteiger partial charge in [0.1, 0.15) is 6.61 Å². The van der Waals surface area contributed by atoms with Crippen molar-refractivity contribution in [1.29, 1.82) is 0 Å². The molecule has 6 nitrogen and oxygen atoms in total. The van der Waals surface area contributed by atoms with Gasteiger partial charge in [0.25, 0.3) is 0 Å². The smallest absolute Gasteiger partial charge is 0.335 e. The molecule has 0 amide bonds. The topological polar surface area (TPSA) is 79.2 Å². The molecule has 2 N–H and O–H groups in total. The third-order valence-corrected chi connectivity index (χ3v) is 8.75. The predicted octanol–water partition coefficient (Wildman–Crippen LogP) is 2.30. The van der Waals surface area contributed by atoms with E-state index in [1.54, 1.807) is 0 Å². The highest BCUT2D eigenvalue weighted by Gasteiger charge is 2.58. The molecule has 168 valence electrons. The number of morpholine rings is 1. The van der Waals surface area contributed by atoms with Gasteiger partial charge in [-0.3, -0.25) is 4.90 Å². The van der Waals surface area contributed by atoms with Crippen LogP contribution in [0.5, 0.6) is 0 Å². The lowest BCUT2D eigenvalue weighted by atomic mass is 9.46. The fourth-order valence-corrected chi connectivity index (χ4v) is 6.87. The molecular weight excluding hydrogens is 382 g/mol. The molecule has 30 heavy (non-hydrogen) atoms. The molecule has 0 spiro atoms. The van der Waals surface area contributed by atoms with E-state index >= 15 is 0 Å². The molecule has 6 heteroatoms. The van der Waals surface area contributed by atoms with Crippen LogP contribution >= 0.6 is 0 Å². The van der Waals surface area contributed by atoms with E-state index in [1.165, 1.54) is 5.57 Å². The molecule has 0 aromatic carbocycles. The van der Waals surface area contributed by atoms with Gasteiger partial charge in [-0.25, -0.2) is 4.79 Å². The van der Waals surface area contributed by atoms with E-state index in [-0.39, 0.29) is 35.9 Å². The number of aliphatic hydroxyl groups excluding tert-OH is 2. The van der Waals surface area contributed by atoms with Crippen molar-refractivity contribution in [3.8, 4) is 0 Å².